The Balaban J connectivity index is 0.00000128. The number of halogens is 1. The fourth-order valence-corrected chi connectivity index (χ4v) is 1.11. The Morgan fingerprint density at radius 1 is 1.56 bits per heavy atom. The fraction of sp³-hybridized carbons (Fsp3) is 0.167. The first-order chi connectivity index (χ1) is 7.15. The van der Waals surface area contributed by atoms with Gasteiger partial charge in [-0.25, -0.2) is 20.0 Å². The molecule has 0 aliphatic heterocycles. The molecule has 0 bridgehead atoms. The molecule has 2 rings (SSSR count). The molecule has 0 saturated heterocycles. The van der Waals surface area contributed by atoms with Crippen LogP contribution in [0.1, 0.15) is 10.5 Å². The number of nitrogens with one attached hydrogen (secondary N) is 1. The third kappa shape index (κ3) is 1.61. The molecule has 0 spiro atoms. The van der Waals surface area contributed by atoms with Crippen molar-refractivity contribution >= 4 is 24.0 Å². The lowest BCUT2D eigenvalue weighted by molar-refractivity contribution is 0.0950. The van der Waals surface area contributed by atoms with Crippen molar-refractivity contribution in [3.8, 4) is 0 Å². The van der Waals surface area contributed by atoms with Gasteiger partial charge in [0.2, 0.25) is 0 Å². The van der Waals surface area contributed by atoms with Crippen LogP contribution in [0.3, 0.4) is 0 Å². The quantitative estimate of drug-likeness (QED) is 0.336. The summed E-state index contributed by atoms with van der Waals surface area (Å²) in [6.45, 7) is 0. The van der Waals surface area contributed by atoms with E-state index in [-0.39, 0.29) is 23.7 Å². The second kappa shape index (κ2) is 4.24. The summed E-state index contributed by atoms with van der Waals surface area (Å²) < 4.78 is 2.14. The highest BCUT2D eigenvalue weighted by atomic mass is 35.5. The molecule has 0 aromatic carbocycles. The number of aryl methyl sites for hydroxylation is 1. The molecule has 2 heterocycles. The van der Waals surface area contributed by atoms with E-state index in [1.807, 2.05) is 5.43 Å². The molecule has 9 nitrogen and oxygen atoms in total. The second-order valence-electron chi connectivity index (χ2n) is 2.76. The number of fused-ring (bicyclic) bond motifs is 1. The van der Waals surface area contributed by atoms with E-state index in [4.69, 9.17) is 5.84 Å². The van der Waals surface area contributed by atoms with Crippen molar-refractivity contribution in [3.63, 3.8) is 0 Å². The highest BCUT2D eigenvalue weighted by Gasteiger charge is 2.15. The zero-order valence-corrected chi connectivity index (χ0v) is 8.93. The van der Waals surface area contributed by atoms with Crippen molar-refractivity contribution in [2.75, 3.05) is 0 Å². The molecule has 1 amide bonds. The average molecular weight is 246 g/mol. The molecule has 16 heavy (non-hydrogen) atoms. The number of hydrogen-bond donors (Lipinski definition) is 2. The van der Waals surface area contributed by atoms with Gasteiger partial charge in [0.05, 0.1) is 0 Å². The Morgan fingerprint density at radius 2 is 2.25 bits per heavy atom. The van der Waals surface area contributed by atoms with Crippen LogP contribution in [0.15, 0.2) is 11.1 Å². The number of rotatable bonds is 1. The summed E-state index contributed by atoms with van der Waals surface area (Å²) in [5.74, 6) is 4.32. The number of hydrazine groups is 1. The molecule has 0 saturated carbocycles. The summed E-state index contributed by atoms with van der Waals surface area (Å²) in [4.78, 5) is 26.4. The summed E-state index contributed by atoms with van der Waals surface area (Å²) in [5.41, 5.74) is 1.49. The highest BCUT2D eigenvalue weighted by Crippen LogP contribution is 2.00. The van der Waals surface area contributed by atoms with E-state index in [9.17, 15) is 9.59 Å². The molecule has 2 aromatic heterocycles. The van der Waals surface area contributed by atoms with Crippen molar-refractivity contribution in [2.24, 2.45) is 12.9 Å². The van der Waals surface area contributed by atoms with Crippen molar-refractivity contribution in [2.45, 2.75) is 0 Å². The van der Waals surface area contributed by atoms with Gasteiger partial charge in [-0.05, 0) is 0 Å². The van der Waals surface area contributed by atoms with Crippen molar-refractivity contribution in [1.29, 1.82) is 0 Å². The molecule has 0 aliphatic rings. The van der Waals surface area contributed by atoms with Crippen LogP contribution in [0.5, 0.6) is 0 Å². The third-order valence-electron chi connectivity index (χ3n) is 1.84. The predicted molar refractivity (Wildman–Crippen MR) is 54.9 cm³/mol. The van der Waals surface area contributed by atoms with Gasteiger partial charge in [0, 0.05) is 7.05 Å². The molecule has 10 heteroatoms. The van der Waals surface area contributed by atoms with Crippen LogP contribution < -0.4 is 17.0 Å². The number of aromatic nitrogens is 5. The zero-order valence-electron chi connectivity index (χ0n) is 8.12. The number of amides is 1. The van der Waals surface area contributed by atoms with Gasteiger partial charge in [-0.3, -0.25) is 10.2 Å². The molecule has 86 valence electrons. The van der Waals surface area contributed by atoms with Crippen LogP contribution in [0.2, 0.25) is 0 Å². The monoisotopic (exact) mass is 245 g/mol. The van der Waals surface area contributed by atoms with Gasteiger partial charge in [0.1, 0.15) is 6.33 Å². The topological polar surface area (TPSA) is 120 Å². The van der Waals surface area contributed by atoms with E-state index in [1.165, 1.54) is 13.4 Å². The largest absolute Gasteiger partial charge is 0.352 e. The van der Waals surface area contributed by atoms with Gasteiger partial charge in [0.15, 0.2) is 11.3 Å². The Morgan fingerprint density at radius 3 is 2.88 bits per heavy atom. The van der Waals surface area contributed by atoms with Gasteiger partial charge in [-0.1, -0.05) is 5.21 Å². The number of carbonyl (C=O) groups is 1. The van der Waals surface area contributed by atoms with Gasteiger partial charge in [-0.2, -0.15) is 4.68 Å². The molecule has 0 radical (unpaired) electrons. The van der Waals surface area contributed by atoms with E-state index >= 15 is 0 Å². The molecule has 0 atom stereocenters. The van der Waals surface area contributed by atoms with Crippen molar-refractivity contribution in [1.82, 2.24) is 29.8 Å². The summed E-state index contributed by atoms with van der Waals surface area (Å²) in [5, 5.41) is 7.20. The van der Waals surface area contributed by atoms with Crippen LogP contribution in [0, 0.1) is 0 Å². The first-order valence-electron chi connectivity index (χ1n) is 3.93. The van der Waals surface area contributed by atoms with E-state index in [2.05, 4.69) is 15.3 Å². The number of nitrogens with zero attached hydrogens (tertiary/aromatic N) is 5. The minimum atomic E-state index is -0.625. The Bertz CT molecular complexity index is 588. The summed E-state index contributed by atoms with van der Waals surface area (Å²) in [6, 6.07) is 0. The lowest BCUT2D eigenvalue weighted by Gasteiger charge is -1.96. The Hall–Kier alpha value is -2.00. The van der Waals surface area contributed by atoms with Gasteiger partial charge >= 0.3 is 5.69 Å². The number of nitrogens with two attached hydrogens (primary N) is 1. The van der Waals surface area contributed by atoms with Gasteiger partial charge in [0.25, 0.3) is 5.91 Å². The van der Waals surface area contributed by atoms with Gasteiger partial charge in [-0.15, -0.1) is 17.5 Å². The Kier molecular flexibility index (Phi) is 3.20. The van der Waals surface area contributed by atoms with Crippen LogP contribution in [-0.4, -0.2) is 30.3 Å². The molecule has 0 aliphatic carbocycles. The normalized spacial score (nSPS) is 9.88. The number of imidazole rings is 1. The average Bonchev–Trinajstić information content (AvgIpc) is 2.66. The first-order valence-corrected chi connectivity index (χ1v) is 3.93. The SMILES string of the molecule is Cl.Cn1nnc2c(C(=O)NN)ncn2c1=O. The maximum Gasteiger partial charge on any atom is 0.352 e. The lowest BCUT2D eigenvalue weighted by Crippen LogP contribution is -2.31. The maximum atomic E-state index is 11.5. The summed E-state index contributed by atoms with van der Waals surface area (Å²) >= 11 is 0. The van der Waals surface area contributed by atoms with Crippen LogP contribution in [0.4, 0.5) is 0 Å². The van der Waals surface area contributed by atoms with Crippen molar-refractivity contribution in [3.05, 3.63) is 22.5 Å². The molecule has 2 aromatic rings. The molecule has 3 N–H and O–H groups in total. The lowest BCUT2D eigenvalue weighted by atomic mass is 10.4. The summed E-state index contributed by atoms with van der Waals surface area (Å²) in [6.07, 6.45) is 1.19. The highest BCUT2D eigenvalue weighted by molar-refractivity contribution is 5.97. The standard InChI is InChI=1S/C6H7N7O2.ClH/c1-12-6(15)13-2-8-3(5(14)9-7)4(13)10-11-12;/h2H,7H2,1H3,(H,9,14);1H. The third-order valence-corrected chi connectivity index (χ3v) is 1.84. The van der Waals surface area contributed by atoms with Crippen molar-refractivity contribution < 1.29 is 4.79 Å². The maximum absolute atomic E-state index is 11.5. The molecule has 0 unspecified atom stereocenters. The van der Waals surface area contributed by atoms with E-state index in [1.54, 1.807) is 0 Å². The summed E-state index contributed by atoms with van der Waals surface area (Å²) in [7, 11) is 1.44. The van der Waals surface area contributed by atoms with Crippen LogP contribution in [-0.2, 0) is 7.05 Å². The number of nitrogen functional groups attached to an aromatic ring is 1. The molecular formula is C6H8ClN7O2. The van der Waals surface area contributed by atoms with Crippen LogP contribution in [0.25, 0.3) is 5.65 Å². The minimum absolute atomic E-state index is 0. The first kappa shape index (κ1) is 12.1. The molecular weight excluding hydrogens is 238 g/mol. The molecule has 0 fully saturated rings. The van der Waals surface area contributed by atoms with E-state index in [0.29, 0.717) is 0 Å². The van der Waals surface area contributed by atoms with E-state index < -0.39 is 11.6 Å². The zero-order chi connectivity index (χ0) is 11.0. The van der Waals surface area contributed by atoms with Crippen LogP contribution >= 0.6 is 12.4 Å². The predicted octanol–water partition coefficient (Wildman–Crippen LogP) is -2.15. The smallest absolute Gasteiger partial charge is 0.289 e. The minimum Gasteiger partial charge on any atom is -0.289 e. The van der Waals surface area contributed by atoms with Gasteiger partial charge < -0.3 is 0 Å². The number of hydrogen-bond acceptors (Lipinski definition) is 6. The fourth-order valence-electron chi connectivity index (χ4n) is 1.11. The van der Waals surface area contributed by atoms with E-state index in [0.717, 1.165) is 9.08 Å². The Labute approximate surface area is 94.6 Å². The second-order valence-corrected chi connectivity index (χ2v) is 2.76. The number of carbonyl (C=O) groups excluding carboxylic acids is 1.